The minimum Gasteiger partial charge on any atom is -0.395 e. The first-order chi connectivity index (χ1) is 7.93. The number of aromatic nitrogens is 1. The summed E-state index contributed by atoms with van der Waals surface area (Å²) < 4.78 is 25.3. The Bertz CT molecular complexity index is 458. The van der Waals surface area contributed by atoms with Crippen LogP contribution in [-0.4, -0.2) is 42.5 Å². The maximum Gasteiger partial charge on any atom is 0.244 e. The molecule has 0 fully saturated rings. The standard InChI is InChI=1S/C10H17N3O3S/c1-8(7-14)13(2)17(15,16)10-4-3-9(5-11)12-6-10/h3-4,6,8,14H,5,7,11H2,1-2H3. The Balaban J connectivity index is 3.04. The van der Waals surface area contributed by atoms with Crippen LogP contribution in [0, 0.1) is 0 Å². The van der Waals surface area contributed by atoms with E-state index in [2.05, 4.69) is 4.98 Å². The number of aliphatic hydroxyl groups excluding tert-OH is 1. The highest BCUT2D eigenvalue weighted by molar-refractivity contribution is 7.89. The molecule has 1 aromatic heterocycles. The van der Waals surface area contributed by atoms with Gasteiger partial charge in [0.15, 0.2) is 0 Å². The molecule has 0 bridgehead atoms. The molecule has 1 rings (SSSR count). The average molecular weight is 259 g/mol. The summed E-state index contributed by atoms with van der Waals surface area (Å²) in [5.41, 5.74) is 6.01. The fourth-order valence-electron chi connectivity index (χ4n) is 1.20. The van der Waals surface area contributed by atoms with E-state index in [1.54, 1.807) is 13.0 Å². The number of hydrogen-bond acceptors (Lipinski definition) is 5. The van der Waals surface area contributed by atoms with Crippen LogP contribution in [0.2, 0.25) is 0 Å². The minimum absolute atomic E-state index is 0.0949. The van der Waals surface area contributed by atoms with Crippen LogP contribution in [0.4, 0.5) is 0 Å². The van der Waals surface area contributed by atoms with E-state index in [-0.39, 0.29) is 18.0 Å². The van der Waals surface area contributed by atoms with Crippen molar-refractivity contribution in [3.63, 3.8) is 0 Å². The molecule has 7 heteroatoms. The summed E-state index contributed by atoms with van der Waals surface area (Å²) >= 11 is 0. The number of hydrogen-bond donors (Lipinski definition) is 2. The zero-order valence-corrected chi connectivity index (χ0v) is 10.7. The predicted molar refractivity (Wildman–Crippen MR) is 63.6 cm³/mol. The maximum absolute atomic E-state index is 12.1. The van der Waals surface area contributed by atoms with Crippen molar-refractivity contribution in [3.8, 4) is 0 Å². The van der Waals surface area contributed by atoms with E-state index >= 15 is 0 Å². The molecule has 0 spiro atoms. The van der Waals surface area contributed by atoms with Gasteiger partial charge in [0.05, 0.1) is 12.3 Å². The molecule has 1 heterocycles. The third kappa shape index (κ3) is 3.01. The van der Waals surface area contributed by atoms with Crippen LogP contribution in [0.25, 0.3) is 0 Å². The van der Waals surface area contributed by atoms with Gasteiger partial charge in [0, 0.05) is 25.8 Å². The Morgan fingerprint density at radius 1 is 1.53 bits per heavy atom. The molecule has 1 unspecified atom stereocenters. The molecule has 96 valence electrons. The number of rotatable bonds is 5. The van der Waals surface area contributed by atoms with Crippen molar-refractivity contribution >= 4 is 10.0 Å². The van der Waals surface area contributed by atoms with Gasteiger partial charge in [0.25, 0.3) is 0 Å². The summed E-state index contributed by atoms with van der Waals surface area (Å²) in [6.07, 6.45) is 1.28. The molecule has 1 aromatic rings. The largest absolute Gasteiger partial charge is 0.395 e. The highest BCUT2D eigenvalue weighted by atomic mass is 32.2. The quantitative estimate of drug-likeness (QED) is 0.746. The monoisotopic (exact) mass is 259 g/mol. The molecule has 0 aliphatic rings. The van der Waals surface area contributed by atoms with Crippen molar-refractivity contribution in [1.82, 2.24) is 9.29 Å². The minimum atomic E-state index is -3.61. The van der Waals surface area contributed by atoms with Gasteiger partial charge in [0.1, 0.15) is 4.90 Å². The molecule has 3 N–H and O–H groups in total. The molecule has 1 atom stereocenters. The van der Waals surface area contributed by atoms with E-state index in [0.29, 0.717) is 5.69 Å². The van der Waals surface area contributed by atoms with Gasteiger partial charge in [0.2, 0.25) is 10.0 Å². The Morgan fingerprint density at radius 2 is 2.18 bits per heavy atom. The Kier molecular flexibility index (Phi) is 4.58. The molecule has 0 saturated carbocycles. The zero-order valence-electron chi connectivity index (χ0n) is 9.87. The lowest BCUT2D eigenvalue weighted by atomic mass is 10.4. The first-order valence-corrected chi connectivity index (χ1v) is 6.61. The average Bonchev–Trinajstić information content (AvgIpc) is 2.36. The predicted octanol–water partition coefficient (Wildman–Crippen LogP) is -0.458. The Labute approximate surface area is 101 Å². The van der Waals surface area contributed by atoms with Crippen LogP contribution in [0.15, 0.2) is 23.2 Å². The van der Waals surface area contributed by atoms with Crippen LogP contribution in [0.3, 0.4) is 0 Å². The molecule has 6 nitrogen and oxygen atoms in total. The van der Waals surface area contributed by atoms with Crippen molar-refractivity contribution in [2.75, 3.05) is 13.7 Å². The van der Waals surface area contributed by atoms with Gasteiger partial charge >= 0.3 is 0 Å². The van der Waals surface area contributed by atoms with E-state index in [0.717, 1.165) is 4.31 Å². The molecule has 0 aliphatic heterocycles. The summed E-state index contributed by atoms with van der Waals surface area (Å²) in [7, 11) is -2.18. The summed E-state index contributed by atoms with van der Waals surface area (Å²) in [6.45, 7) is 1.66. The van der Waals surface area contributed by atoms with Crippen LogP contribution in [0.1, 0.15) is 12.6 Å². The fourth-order valence-corrected chi connectivity index (χ4v) is 2.50. The lowest BCUT2D eigenvalue weighted by Crippen LogP contribution is -2.37. The first kappa shape index (κ1) is 14.0. The summed E-state index contributed by atoms with van der Waals surface area (Å²) in [4.78, 5) is 4.03. The van der Waals surface area contributed by atoms with Gasteiger partial charge in [-0.1, -0.05) is 0 Å². The second-order valence-corrected chi connectivity index (χ2v) is 5.74. The van der Waals surface area contributed by atoms with E-state index in [1.807, 2.05) is 0 Å². The van der Waals surface area contributed by atoms with Gasteiger partial charge in [-0.15, -0.1) is 0 Å². The second kappa shape index (κ2) is 5.54. The molecule has 0 aliphatic carbocycles. The third-order valence-corrected chi connectivity index (χ3v) is 4.52. The van der Waals surface area contributed by atoms with E-state index in [4.69, 9.17) is 10.8 Å². The molecule has 0 aromatic carbocycles. The zero-order chi connectivity index (χ0) is 13.1. The highest BCUT2D eigenvalue weighted by Gasteiger charge is 2.25. The summed E-state index contributed by atoms with van der Waals surface area (Å²) in [5.74, 6) is 0. The molecule has 0 radical (unpaired) electrons. The topological polar surface area (TPSA) is 96.5 Å². The normalized spacial score (nSPS) is 13.9. The Morgan fingerprint density at radius 3 is 2.59 bits per heavy atom. The van der Waals surface area contributed by atoms with Crippen molar-refractivity contribution < 1.29 is 13.5 Å². The second-order valence-electron chi connectivity index (χ2n) is 3.74. The highest BCUT2D eigenvalue weighted by Crippen LogP contribution is 2.15. The van der Waals surface area contributed by atoms with Crippen LogP contribution in [0.5, 0.6) is 0 Å². The van der Waals surface area contributed by atoms with Gasteiger partial charge in [-0.2, -0.15) is 4.31 Å². The van der Waals surface area contributed by atoms with E-state index in [1.165, 1.54) is 19.3 Å². The van der Waals surface area contributed by atoms with Crippen LogP contribution < -0.4 is 5.73 Å². The smallest absolute Gasteiger partial charge is 0.244 e. The van der Waals surface area contributed by atoms with Crippen molar-refractivity contribution in [1.29, 1.82) is 0 Å². The van der Waals surface area contributed by atoms with E-state index in [9.17, 15) is 8.42 Å². The van der Waals surface area contributed by atoms with Gasteiger partial charge in [-0.05, 0) is 19.1 Å². The fraction of sp³-hybridized carbons (Fsp3) is 0.500. The van der Waals surface area contributed by atoms with Crippen LogP contribution in [-0.2, 0) is 16.6 Å². The Hall–Kier alpha value is -1.02. The number of pyridine rings is 1. The lowest BCUT2D eigenvalue weighted by molar-refractivity contribution is 0.214. The van der Waals surface area contributed by atoms with Crippen molar-refractivity contribution in [3.05, 3.63) is 24.0 Å². The SMILES string of the molecule is CC(CO)N(C)S(=O)(=O)c1ccc(CN)nc1. The van der Waals surface area contributed by atoms with E-state index < -0.39 is 16.1 Å². The summed E-state index contributed by atoms with van der Waals surface area (Å²) in [5, 5.41) is 8.96. The number of aliphatic hydroxyl groups is 1. The number of sulfonamides is 1. The number of nitrogens with zero attached hydrogens (tertiary/aromatic N) is 2. The molecule has 0 saturated heterocycles. The number of nitrogens with two attached hydrogens (primary N) is 1. The van der Waals surface area contributed by atoms with Gasteiger partial charge in [-0.3, -0.25) is 4.98 Å². The third-order valence-electron chi connectivity index (χ3n) is 2.57. The molecule has 17 heavy (non-hydrogen) atoms. The van der Waals surface area contributed by atoms with Gasteiger partial charge < -0.3 is 10.8 Å². The molecular weight excluding hydrogens is 242 g/mol. The molecular formula is C10H17N3O3S. The van der Waals surface area contributed by atoms with Crippen molar-refractivity contribution in [2.24, 2.45) is 5.73 Å². The summed E-state index contributed by atoms with van der Waals surface area (Å²) in [6, 6.07) is 2.56. The maximum atomic E-state index is 12.1. The first-order valence-electron chi connectivity index (χ1n) is 5.17. The van der Waals surface area contributed by atoms with Gasteiger partial charge in [-0.25, -0.2) is 8.42 Å². The van der Waals surface area contributed by atoms with Crippen LogP contribution >= 0.6 is 0 Å². The number of likely N-dealkylation sites (N-methyl/N-ethyl adjacent to an activating group) is 1. The lowest BCUT2D eigenvalue weighted by Gasteiger charge is -2.22. The van der Waals surface area contributed by atoms with Crippen molar-refractivity contribution in [2.45, 2.75) is 24.4 Å². The molecule has 0 amide bonds.